The summed E-state index contributed by atoms with van der Waals surface area (Å²) in [6, 6.07) is 6.47. The number of nitrogens with one attached hydrogen (secondary N) is 1. The maximum absolute atomic E-state index is 6.10. The van der Waals surface area contributed by atoms with Gasteiger partial charge in [-0.25, -0.2) is 0 Å². The molecule has 0 aromatic heterocycles. The maximum Gasteiger partial charge on any atom is 0.0668 e. The first-order valence-corrected chi connectivity index (χ1v) is 5.24. The van der Waals surface area contributed by atoms with Gasteiger partial charge in [-0.2, -0.15) is 0 Å². The Morgan fingerprint density at radius 2 is 2.36 bits per heavy atom. The number of hydrogen-bond acceptors (Lipinski definition) is 2. The Bertz CT molecular complexity index is 321. The first-order chi connectivity index (χ1) is 6.75. The van der Waals surface area contributed by atoms with E-state index in [1.165, 1.54) is 5.56 Å². The van der Waals surface area contributed by atoms with E-state index >= 15 is 0 Å². The largest absolute Gasteiger partial charge is 0.379 e. The number of benzene rings is 1. The van der Waals surface area contributed by atoms with Crippen molar-refractivity contribution >= 4 is 17.3 Å². The van der Waals surface area contributed by atoms with Gasteiger partial charge in [-0.15, -0.1) is 0 Å². The zero-order valence-electron chi connectivity index (χ0n) is 8.22. The molecule has 2 nitrogen and oxygen atoms in total. The molecule has 1 heterocycles. The molecule has 1 saturated heterocycles. The summed E-state index contributed by atoms with van der Waals surface area (Å²) in [6.45, 7) is 3.67. The number of ether oxygens (including phenoxy) is 1. The summed E-state index contributed by atoms with van der Waals surface area (Å²) in [5.74, 6) is 0. The van der Waals surface area contributed by atoms with Crippen molar-refractivity contribution in [2.75, 3.05) is 18.5 Å². The van der Waals surface area contributed by atoms with Crippen LogP contribution in [0.15, 0.2) is 18.2 Å². The average Bonchev–Trinajstić information content (AvgIpc) is 2.62. The van der Waals surface area contributed by atoms with Crippen molar-refractivity contribution in [2.24, 2.45) is 0 Å². The first-order valence-electron chi connectivity index (χ1n) is 4.86. The van der Waals surface area contributed by atoms with Crippen LogP contribution in [0.4, 0.5) is 5.69 Å². The van der Waals surface area contributed by atoms with Crippen LogP contribution in [0.25, 0.3) is 0 Å². The van der Waals surface area contributed by atoms with Gasteiger partial charge in [0.2, 0.25) is 0 Å². The Morgan fingerprint density at radius 3 is 3.00 bits per heavy atom. The highest BCUT2D eigenvalue weighted by atomic mass is 35.5. The number of rotatable bonds is 2. The van der Waals surface area contributed by atoms with E-state index in [9.17, 15) is 0 Å². The molecule has 1 aliphatic rings. The average molecular weight is 212 g/mol. The minimum atomic E-state index is 0.412. The first kappa shape index (κ1) is 9.81. The quantitative estimate of drug-likeness (QED) is 0.813. The lowest BCUT2D eigenvalue weighted by molar-refractivity contribution is 0.195. The second-order valence-corrected chi connectivity index (χ2v) is 4.10. The SMILES string of the molecule is Cc1ccc(NC2CCOC2)c(Cl)c1. The van der Waals surface area contributed by atoms with Gasteiger partial charge >= 0.3 is 0 Å². The van der Waals surface area contributed by atoms with Crippen LogP contribution in [-0.2, 0) is 4.74 Å². The second kappa shape index (κ2) is 4.20. The normalized spacial score (nSPS) is 21.1. The lowest BCUT2D eigenvalue weighted by Crippen LogP contribution is -2.18. The Kier molecular flexibility index (Phi) is 2.94. The molecule has 0 spiro atoms. The molecule has 0 saturated carbocycles. The Balaban J connectivity index is 2.08. The van der Waals surface area contributed by atoms with Crippen LogP contribution in [0.2, 0.25) is 5.02 Å². The number of halogens is 1. The van der Waals surface area contributed by atoms with Crippen molar-refractivity contribution in [3.63, 3.8) is 0 Å². The maximum atomic E-state index is 6.10. The van der Waals surface area contributed by atoms with E-state index in [1.807, 2.05) is 19.1 Å². The monoisotopic (exact) mass is 211 g/mol. The highest BCUT2D eigenvalue weighted by Gasteiger charge is 2.15. The molecule has 1 atom stereocenters. The van der Waals surface area contributed by atoms with E-state index in [0.29, 0.717) is 6.04 Å². The molecular formula is C11H14ClNO. The second-order valence-electron chi connectivity index (χ2n) is 3.69. The van der Waals surface area contributed by atoms with Crippen LogP contribution in [0.5, 0.6) is 0 Å². The van der Waals surface area contributed by atoms with Crippen LogP contribution in [0.1, 0.15) is 12.0 Å². The molecule has 1 aliphatic heterocycles. The summed E-state index contributed by atoms with van der Waals surface area (Å²) >= 11 is 6.10. The molecule has 0 bridgehead atoms. The van der Waals surface area contributed by atoms with Gasteiger partial charge in [0.05, 0.1) is 23.4 Å². The zero-order valence-corrected chi connectivity index (χ0v) is 8.97. The van der Waals surface area contributed by atoms with Crippen LogP contribution in [0, 0.1) is 6.92 Å². The zero-order chi connectivity index (χ0) is 9.97. The number of hydrogen-bond donors (Lipinski definition) is 1. The van der Waals surface area contributed by atoms with Gasteiger partial charge in [-0.1, -0.05) is 17.7 Å². The molecule has 1 aromatic carbocycles. The summed E-state index contributed by atoms with van der Waals surface area (Å²) in [6.07, 6.45) is 1.06. The van der Waals surface area contributed by atoms with Crippen molar-refractivity contribution in [1.82, 2.24) is 0 Å². The lowest BCUT2D eigenvalue weighted by atomic mass is 10.2. The van der Waals surface area contributed by atoms with E-state index in [1.54, 1.807) is 0 Å². The van der Waals surface area contributed by atoms with Gasteiger partial charge in [0.15, 0.2) is 0 Å². The number of aryl methyl sites for hydroxylation is 1. The topological polar surface area (TPSA) is 21.3 Å². The summed E-state index contributed by atoms with van der Waals surface area (Å²) in [5.41, 5.74) is 2.19. The molecule has 1 N–H and O–H groups in total. The summed E-state index contributed by atoms with van der Waals surface area (Å²) in [4.78, 5) is 0. The van der Waals surface area contributed by atoms with E-state index in [2.05, 4.69) is 11.4 Å². The third kappa shape index (κ3) is 2.20. The van der Waals surface area contributed by atoms with Crippen LogP contribution < -0.4 is 5.32 Å². The van der Waals surface area contributed by atoms with Crippen molar-refractivity contribution in [3.8, 4) is 0 Å². The third-order valence-electron chi connectivity index (χ3n) is 2.41. The molecule has 1 aromatic rings. The predicted octanol–water partition coefficient (Wildman–Crippen LogP) is 2.85. The Hall–Kier alpha value is -0.730. The van der Waals surface area contributed by atoms with E-state index in [4.69, 9.17) is 16.3 Å². The molecule has 0 aliphatic carbocycles. The number of anilines is 1. The van der Waals surface area contributed by atoms with E-state index in [0.717, 1.165) is 30.3 Å². The third-order valence-corrected chi connectivity index (χ3v) is 2.73. The van der Waals surface area contributed by atoms with Crippen molar-refractivity contribution in [1.29, 1.82) is 0 Å². The fraction of sp³-hybridized carbons (Fsp3) is 0.455. The molecular weight excluding hydrogens is 198 g/mol. The van der Waals surface area contributed by atoms with Gasteiger partial charge in [0.25, 0.3) is 0 Å². The Labute approximate surface area is 89.2 Å². The molecule has 2 rings (SSSR count). The van der Waals surface area contributed by atoms with Crippen LogP contribution in [-0.4, -0.2) is 19.3 Å². The van der Waals surface area contributed by atoms with Crippen molar-refractivity contribution < 1.29 is 4.74 Å². The highest BCUT2D eigenvalue weighted by Crippen LogP contribution is 2.24. The van der Waals surface area contributed by atoms with Gasteiger partial charge in [0.1, 0.15) is 0 Å². The fourth-order valence-corrected chi connectivity index (χ4v) is 1.90. The van der Waals surface area contributed by atoms with Gasteiger partial charge < -0.3 is 10.1 Å². The van der Waals surface area contributed by atoms with Gasteiger partial charge in [-0.3, -0.25) is 0 Å². The molecule has 1 unspecified atom stereocenters. The van der Waals surface area contributed by atoms with Crippen molar-refractivity contribution in [3.05, 3.63) is 28.8 Å². The molecule has 76 valence electrons. The Morgan fingerprint density at radius 1 is 1.50 bits per heavy atom. The summed E-state index contributed by atoms with van der Waals surface area (Å²) in [5, 5.41) is 4.17. The molecule has 3 heteroatoms. The highest BCUT2D eigenvalue weighted by molar-refractivity contribution is 6.33. The minimum Gasteiger partial charge on any atom is -0.379 e. The summed E-state index contributed by atoms with van der Waals surface area (Å²) in [7, 11) is 0. The fourth-order valence-electron chi connectivity index (χ4n) is 1.61. The van der Waals surface area contributed by atoms with Crippen molar-refractivity contribution in [2.45, 2.75) is 19.4 Å². The van der Waals surface area contributed by atoms with E-state index < -0.39 is 0 Å². The molecule has 1 fully saturated rings. The molecule has 14 heavy (non-hydrogen) atoms. The molecule has 0 amide bonds. The smallest absolute Gasteiger partial charge is 0.0668 e. The van der Waals surface area contributed by atoms with Gasteiger partial charge in [0, 0.05) is 6.61 Å². The molecule has 0 radical (unpaired) electrons. The standard InChI is InChI=1S/C11H14ClNO/c1-8-2-3-11(10(12)6-8)13-9-4-5-14-7-9/h2-3,6,9,13H,4-5,7H2,1H3. The van der Waals surface area contributed by atoms with Crippen LogP contribution >= 0.6 is 11.6 Å². The van der Waals surface area contributed by atoms with E-state index in [-0.39, 0.29) is 0 Å². The minimum absolute atomic E-state index is 0.412. The van der Waals surface area contributed by atoms with Gasteiger partial charge in [-0.05, 0) is 31.0 Å². The lowest BCUT2D eigenvalue weighted by Gasteiger charge is -2.13. The predicted molar refractivity (Wildman–Crippen MR) is 59.0 cm³/mol. The van der Waals surface area contributed by atoms with Crippen LogP contribution in [0.3, 0.4) is 0 Å². The summed E-state index contributed by atoms with van der Waals surface area (Å²) < 4.78 is 5.29.